The molecule has 0 heterocycles. The smallest absolute Gasteiger partial charge is 0.261 e. The molecule has 2 aromatic carbocycles. The molecule has 5 nitrogen and oxygen atoms in total. The van der Waals surface area contributed by atoms with E-state index in [0.29, 0.717) is 31.2 Å². The van der Waals surface area contributed by atoms with E-state index in [1.165, 1.54) is 0 Å². The average molecular weight is 489 g/mol. The van der Waals surface area contributed by atoms with Gasteiger partial charge < -0.3 is 15.0 Å². The maximum atomic E-state index is 13.2. The van der Waals surface area contributed by atoms with E-state index in [-0.39, 0.29) is 18.4 Å². The largest absolute Gasteiger partial charge is 0.484 e. The molecule has 31 heavy (non-hydrogen) atoms. The number of hydrogen-bond donors (Lipinski definition) is 1. The molecule has 0 aromatic heterocycles. The fourth-order valence-electron chi connectivity index (χ4n) is 3.34. The van der Waals surface area contributed by atoms with Crippen LogP contribution in [0.5, 0.6) is 5.75 Å². The van der Waals surface area contributed by atoms with E-state index in [1.807, 2.05) is 77.1 Å². The standard InChI is InChI=1S/C25H33BrN2O3/c1-6-22(25(30)27-14-17(2)3)28(15-20-10-8-7-9-11-20)23(29)16-31-21-12-18(4)24(26)19(5)13-21/h7-13,17,22H,6,14-16H2,1-5H3,(H,27,30). The van der Waals surface area contributed by atoms with Gasteiger partial charge in [-0.25, -0.2) is 0 Å². The number of amides is 2. The second-order valence-corrected chi connectivity index (χ2v) is 9.02. The number of benzene rings is 2. The van der Waals surface area contributed by atoms with Gasteiger partial charge in [-0.15, -0.1) is 0 Å². The van der Waals surface area contributed by atoms with Crippen molar-refractivity contribution in [2.45, 2.75) is 53.6 Å². The van der Waals surface area contributed by atoms with Gasteiger partial charge >= 0.3 is 0 Å². The van der Waals surface area contributed by atoms with Crippen molar-refractivity contribution < 1.29 is 14.3 Å². The Morgan fingerprint density at radius 3 is 2.26 bits per heavy atom. The summed E-state index contributed by atoms with van der Waals surface area (Å²) >= 11 is 3.55. The molecule has 0 fully saturated rings. The van der Waals surface area contributed by atoms with E-state index in [4.69, 9.17) is 4.74 Å². The van der Waals surface area contributed by atoms with Crippen molar-refractivity contribution in [3.8, 4) is 5.75 Å². The van der Waals surface area contributed by atoms with E-state index >= 15 is 0 Å². The average Bonchev–Trinajstić information content (AvgIpc) is 2.74. The minimum absolute atomic E-state index is 0.124. The van der Waals surface area contributed by atoms with Gasteiger partial charge in [0.1, 0.15) is 11.8 Å². The zero-order chi connectivity index (χ0) is 23.0. The van der Waals surface area contributed by atoms with Crippen LogP contribution in [0.4, 0.5) is 0 Å². The van der Waals surface area contributed by atoms with Crippen molar-refractivity contribution in [2.75, 3.05) is 13.2 Å². The molecular weight excluding hydrogens is 456 g/mol. The lowest BCUT2D eigenvalue weighted by molar-refractivity contribution is -0.143. The van der Waals surface area contributed by atoms with Crippen molar-refractivity contribution in [2.24, 2.45) is 5.92 Å². The van der Waals surface area contributed by atoms with Gasteiger partial charge in [-0.3, -0.25) is 9.59 Å². The molecule has 6 heteroatoms. The van der Waals surface area contributed by atoms with E-state index in [0.717, 1.165) is 21.2 Å². The Balaban J connectivity index is 2.19. The van der Waals surface area contributed by atoms with E-state index in [9.17, 15) is 9.59 Å². The van der Waals surface area contributed by atoms with E-state index < -0.39 is 6.04 Å². The van der Waals surface area contributed by atoms with E-state index in [2.05, 4.69) is 21.2 Å². The molecule has 1 N–H and O–H groups in total. The Morgan fingerprint density at radius 2 is 1.71 bits per heavy atom. The summed E-state index contributed by atoms with van der Waals surface area (Å²) in [6.45, 7) is 10.8. The van der Waals surface area contributed by atoms with Crippen LogP contribution in [-0.2, 0) is 16.1 Å². The third-order valence-electron chi connectivity index (χ3n) is 5.04. The lowest BCUT2D eigenvalue weighted by Crippen LogP contribution is -2.50. The molecule has 2 rings (SSSR count). The number of aryl methyl sites for hydroxylation is 2. The number of hydrogen-bond acceptors (Lipinski definition) is 3. The predicted octanol–water partition coefficient (Wildman–Crippen LogP) is 5.02. The summed E-state index contributed by atoms with van der Waals surface area (Å²) in [4.78, 5) is 27.7. The third-order valence-corrected chi connectivity index (χ3v) is 6.29. The normalized spacial score (nSPS) is 11.8. The van der Waals surface area contributed by atoms with Crippen molar-refractivity contribution in [1.29, 1.82) is 0 Å². The maximum Gasteiger partial charge on any atom is 0.261 e. The third kappa shape index (κ3) is 7.39. The lowest BCUT2D eigenvalue weighted by atomic mass is 10.1. The summed E-state index contributed by atoms with van der Waals surface area (Å²) in [6, 6.07) is 13.0. The molecule has 0 saturated heterocycles. The van der Waals surface area contributed by atoms with Crippen LogP contribution in [0, 0.1) is 19.8 Å². The van der Waals surface area contributed by atoms with Crippen molar-refractivity contribution in [3.05, 3.63) is 63.6 Å². The molecule has 0 aliphatic carbocycles. The van der Waals surface area contributed by atoms with Gasteiger partial charge in [0, 0.05) is 17.6 Å². The van der Waals surface area contributed by atoms with E-state index in [1.54, 1.807) is 4.90 Å². The molecule has 0 spiro atoms. The van der Waals surface area contributed by atoms with Crippen LogP contribution in [0.3, 0.4) is 0 Å². The summed E-state index contributed by atoms with van der Waals surface area (Å²) in [7, 11) is 0. The van der Waals surface area contributed by atoms with Gasteiger partial charge in [-0.1, -0.05) is 67.0 Å². The highest BCUT2D eigenvalue weighted by Gasteiger charge is 2.29. The molecule has 0 aliphatic heterocycles. The highest BCUT2D eigenvalue weighted by Crippen LogP contribution is 2.26. The van der Waals surface area contributed by atoms with Gasteiger partial charge in [0.25, 0.3) is 5.91 Å². The van der Waals surface area contributed by atoms with Gasteiger partial charge in [0.15, 0.2) is 6.61 Å². The topological polar surface area (TPSA) is 58.6 Å². The summed E-state index contributed by atoms with van der Waals surface area (Å²) in [5, 5.41) is 2.97. The second kappa shape index (κ2) is 11.9. The van der Waals surface area contributed by atoms with Crippen LogP contribution in [0.2, 0.25) is 0 Å². The first-order chi connectivity index (χ1) is 14.7. The minimum atomic E-state index is -0.552. The number of ether oxygens (including phenoxy) is 1. The Bertz CT molecular complexity index is 861. The molecule has 1 atom stereocenters. The first-order valence-electron chi connectivity index (χ1n) is 10.7. The molecule has 0 aliphatic rings. The maximum absolute atomic E-state index is 13.2. The summed E-state index contributed by atoms with van der Waals surface area (Å²) in [5.41, 5.74) is 3.06. The predicted molar refractivity (Wildman–Crippen MR) is 128 cm³/mol. The Labute approximate surface area is 194 Å². The lowest BCUT2D eigenvalue weighted by Gasteiger charge is -2.31. The van der Waals surface area contributed by atoms with Crippen molar-refractivity contribution >= 4 is 27.7 Å². The molecular formula is C25H33BrN2O3. The van der Waals surface area contributed by atoms with Crippen molar-refractivity contribution in [3.63, 3.8) is 0 Å². The fourth-order valence-corrected chi connectivity index (χ4v) is 3.57. The fraction of sp³-hybridized carbons (Fsp3) is 0.440. The molecule has 2 amide bonds. The van der Waals surface area contributed by atoms with Gasteiger partial charge in [-0.2, -0.15) is 0 Å². The van der Waals surface area contributed by atoms with Crippen LogP contribution in [0.1, 0.15) is 43.9 Å². The number of nitrogens with zero attached hydrogens (tertiary/aromatic N) is 1. The Hall–Kier alpha value is -2.34. The number of nitrogens with one attached hydrogen (secondary N) is 1. The Kier molecular flexibility index (Phi) is 9.56. The van der Waals surface area contributed by atoms with Crippen LogP contribution < -0.4 is 10.1 Å². The molecule has 2 aromatic rings. The highest BCUT2D eigenvalue weighted by molar-refractivity contribution is 9.10. The molecule has 0 bridgehead atoms. The van der Waals surface area contributed by atoms with Crippen LogP contribution in [0.25, 0.3) is 0 Å². The summed E-state index contributed by atoms with van der Waals surface area (Å²) in [5.74, 6) is 0.639. The van der Waals surface area contributed by atoms with Gasteiger partial charge in [-0.05, 0) is 55.0 Å². The first kappa shape index (κ1) is 24.9. The van der Waals surface area contributed by atoms with Crippen LogP contribution in [0.15, 0.2) is 46.9 Å². The van der Waals surface area contributed by atoms with Crippen LogP contribution in [-0.4, -0.2) is 35.9 Å². The van der Waals surface area contributed by atoms with Crippen LogP contribution >= 0.6 is 15.9 Å². The molecule has 168 valence electrons. The molecule has 0 radical (unpaired) electrons. The van der Waals surface area contributed by atoms with Crippen molar-refractivity contribution in [1.82, 2.24) is 10.2 Å². The minimum Gasteiger partial charge on any atom is -0.484 e. The number of carbonyl (C=O) groups excluding carboxylic acids is 2. The zero-order valence-corrected chi connectivity index (χ0v) is 20.7. The summed E-state index contributed by atoms with van der Waals surface area (Å²) < 4.78 is 6.86. The zero-order valence-electron chi connectivity index (χ0n) is 19.1. The molecule has 1 unspecified atom stereocenters. The molecule has 0 saturated carbocycles. The number of rotatable bonds is 10. The second-order valence-electron chi connectivity index (χ2n) is 8.23. The number of carbonyl (C=O) groups is 2. The van der Waals surface area contributed by atoms with Gasteiger partial charge in [0.2, 0.25) is 5.91 Å². The monoisotopic (exact) mass is 488 g/mol. The first-order valence-corrected chi connectivity index (χ1v) is 11.5. The summed E-state index contributed by atoms with van der Waals surface area (Å²) in [6.07, 6.45) is 0.527. The Morgan fingerprint density at radius 1 is 1.10 bits per heavy atom. The SMILES string of the molecule is CCC(C(=O)NCC(C)C)N(Cc1ccccc1)C(=O)COc1cc(C)c(Br)c(C)c1. The van der Waals surface area contributed by atoms with Gasteiger partial charge in [0.05, 0.1) is 0 Å². The number of halogens is 1. The quantitative estimate of drug-likeness (QED) is 0.510. The highest BCUT2D eigenvalue weighted by atomic mass is 79.9.